The van der Waals surface area contributed by atoms with Gasteiger partial charge in [-0.25, -0.2) is 0 Å². The van der Waals surface area contributed by atoms with Gasteiger partial charge in [-0.2, -0.15) is 0 Å². The summed E-state index contributed by atoms with van der Waals surface area (Å²) in [6.45, 7) is 3.79. The van der Waals surface area contributed by atoms with Crippen LogP contribution in [0.2, 0.25) is 5.02 Å². The van der Waals surface area contributed by atoms with E-state index in [0.29, 0.717) is 21.9 Å². The van der Waals surface area contributed by atoms with Crippen molar-refractivity contribution >= 4 is 23.4 Å². The lowest BCUT2D eigenvalue weighted by molar-refractivity contribution is 0.259. The highest BCUT2D eigenvalue weighted by atomic mass is 35.5. The molecule has 0 aliphatic carbocycles. The molecule has 7 heteroatoms. The van der Waals surface area contributed by atoms with Crippen LogP contribution in [0.25, 0.3) is 22.6 Å². The highest BCUT2D eigenvalue weighted by molar-refractivity contribution is 7.99. The van der Waals surface area contributed by atoms with E-state index < -0.39 is 0 Å². The fourth-order valence-corrected chi connectivity index (χ4v) is 4.71. The van der Waals surface area contributed by atoms with Gasteiger partial charge >= 0.3 is 0 Å². The summed E-state index contributed by atoms with van der Waals surface area (Å²) in [5.41, 5.74) is 4.85. The Morgan fingerprint density at radius 2 is 1.88 bits per heavy atom. The molecule has 1 N–H and O–H groups in total. The molecule has 33 heavy (non-hydrogen) atoms. The van der Waals surface area contributed by atoms with Crippen LogP contribution in [-0.2, 0) is 12.8 Å². The van der Waals surface area contributed by atoms with Gasteiger partial charge < -0.3 is 14.3 Å². The highest BCUT2D eigenvalue weighted by Crippen LogP contribution is 2.37. The quantitative estimate of drug-likeness (QED) is 0.240. The summed E-state index contributed by atoms with van der Waals surface area (Å²) in [5.74, 6) is 2.29. The monoisotopic (exact) mass is 476 g/mol. The Morgan fingerprint density at radius 1 is 1.06 bits per heavy atom. The number of fused-ring (bicyclic) bond motifs is 1. The lowest BCUT2D eigenvalue weighted by Crippen LogP contribution is -2.15. The molecular weight excluding hydrogens is 456 g/mol. The van der Waals surface area contributed by atoms with E-state index in [1.807, 2.05) is 42.5 Å². The number of hydrogen-bond acceptors (Lipinski definition) is 6. The molecule has 166 valence electrons. The number of benzene rings is 3. The molecule has 5 rings (SSSR count). The molecular formula is C26H21ClN2O3S. The van der Waals surface area contributed by atoms with Crippen molar-refractivity contribution in [2.24, 2.45) is 0 Å². The first-order valence-corrected chi connectivity index (χ1v) is 11.9. The summed E-state index contributed by atoms with van der Waals surface area (Å²) in [6.07, 6.45) is 3.40. The van der Waals surface area contributed by atoms with Crippen LogP contribution in [0.1, 0.15) is 11.1 Å². The van der Waals surface area contributed by atoms with Crippen molar-refractivity contribution in [1.82, 2.24) is 10.2 Å². The van der Waals surface area contributed by atoms with Crippen molar-refractivity contribution in [3.8, 4) is 34.1 Å². The molecule has 2 heterocycles. The van der Waals surface area contributed by atoms with Crippen LogP contribution in [0.4, 0.5) is 0 Å². The normalized spacial score (nSPS) is 14.6. The first-order chi connectivity index (χ1) is 16.1. The summed E-state index contributed by atoms with van der Waals surface area (Å²) >= 11 is 7.41. The van der Waals surface area contributed by atoms with E-state index in [1.165, 1.54) is 11.8 Å². The lowest BCUT2D eigenvalue weighted by Gasteiger charge is -2.09. The smallest absolute Gasteiger partial charge is 0.276 e. The first-order valence-electron chi connectivity index (χ1n) is 10.5. The third kappa shape index (κ3) is 4.77. The zero-order chi connectivity index (χ0) is 22.8. The van der Waals surface area contributed by atoms with Crippen molar-refractivity contribution < 1.29 is 14.3 Å². The Bertz CT molecular complexity index is 1300. The van der Waals surface area contributed by atoms with E-state index in [4.69, 9.17) is 20.8 Å². The van der Waals surface area contributed by atoms with Gasteiger partial charge in [0.25, 0.3) is 5.22 Å². The Balaban J connectivity index is 1.25. The zero-order valence-corrected chi connectivity index (χ0v) is 19.3. The van der Waals surface area contributed by atoms with Crippen LogP contribution in [0.15, 0.2) is 83.0 Å². The van der Waals surface area contributed by atoms with E-state index in [-0.39, 0.29) is 11.9 Å². The number of aromatic hydroxyl groups is 1. The van der Waals surface area contributed by atoms with Gasteiger partial charge in [-0.05, 0) is 71.6 Å². The number of thioether (sulfide) groups is 1. The Kier molecular flexibility index (Phi) is 6.11. The van der Waals surface area contributed by atoms with Gasteiger partial charge in [0.05, 0.1) is 0 Å². The molecule has 0 unspecified atom stereocenters. The van der Waals surface area contributed by atoms with E-state index in [2.05, 4.69) is 22.8 Å². The Hall–Kier alpha value is -3.22. The number of nitrogens with zero attached hydrogens (tertiary/aromatic N) is 2. The molecule has 0 amide bonds. The summed E-state index contributed by atoms with van der Waals surface area (Å²) in [4.78, 5) is 0. The van der Waals surface area contributed by atoms with Crippen molar-refractivity contribution in [3.63, 3.8) is 0 Å². The van der Waals surface area contributed by atoms with Crippen molar-refractivity contribution in [1.29, 1.82) is 0 Å². The van der Waals surface area contributed by atoms with Crippen LogP contribution < -0.4 is 4.74 Å². The highest BCUT2D eigenvalue weighted by Gasteiger charge is 2.25. The molecule has 1 aliphatic heterocycles. The molecule has 1 atom stereocenters. The van der Waals surface area contributed by atoms with Crippen molar-refractivity contribution in [2.75, 3.05) is 5.75 Å². The second kappa shape index (κ2) is 9.33. The molecule has 1 aliphatic rings. The van der Waals surface area contributed by atoms with Crippen LogP contribution in [-0.4, -0.2) is 27.2 Å². The summed E-state index contributed by atoms with van der Waals surface area (Å²) in [6, 6.07) is 19.0. The van der Waals surface area contributed by atoms with Gasteiger partial charge in [-0.1, -0.05) is 41.6 Å². The maximum atomic E-state index is 10.4. The number of phenolic OH excluding ortho intramolecular Hbond substituents is 1. The Morgan fingerprint density at radius 3 is 2.70 bits per heavy atom. The largest absolute Gasteiger partial charge is 0.507 e. The summed E-state index contributed by atoms with van der Waals surface area (Å²) in [5, 5.41) is 19.8. The molecule has 0 saturated heterocycles. The fraction of sp³-hybridized carbons (Fsp3) is 0.154. The van der Waals surface area contributed by atoms with Crippen LogP contribution in [0, 0.1) is 0 Å². The minimum absolute atomic E-state index is 0.00632. The SMILES string of the molecule is C=CCc1ccc(O)c(-c2ccc3c(c2)C[C@@H](CSc2nnc(-c4ccc(Cl)cc4)o2)O3)c1. The third-order valence-electron chi connectivity index (χ3n) is 5.44. The van der Waals surface area contributed by atoms with Crippen molar-refractivity contribution in [3.05, 3.63) is 89.5 Å². The van der Waals surface area contributed by atoms with Crippen molar-refractivity contribution in [2.45, 2.75) is 24.2 Å². The maximum absolute atomic E-state index is 10.4. The molecule has 0 radical (unpaired) electrons. The first kappa shape index (κ1) is 21.6. The molecule has 3 aromatic carbocycles. The van der Waals surface area contributed by atoms with Crippen LogP contribution in [0.3, 0.4) is 0 Å². The number of aromatic nitrogens is 2. The number of allylic oxidation sites excluding steroid dienone is 1. The van der Waals surface area contributed by atoms with Gasteiger partial charge in [-0.3, -0.25) is 0 Å². The fourth-order valence-electron chi connectivity index (χ4n) is 3.83. The topological polar surface area (TPSA) is 68.4 Å². The van der Waals surface area contributed by atoms with Gasteiger partial charge in [0.2, 0.25) is 5.89 Å². The van der Waals surface area contributed by atoms with E-state index in [0.717, 1.165) is 46.4 Å². The second-order valence-electron chi connectivity index (χ2n) is 7.80. The number of hydrogen-bond donors (Lipinski definition) is 1. The predicted octanol–water partition coefficient (Wildman–Crippen LogP) is 6.59. The van der Waals surface area contributed by atoms with Gasteiger partial charge in [0.15, 0.2) is 0 Å². The molecule has 5 nitrogen and oxygen atoms in total. The molecule has 0 spiro atoms. The maximum Gasteiger partial charge on any atom is 0.276 e. The average Bonchev–Trinajstić information content (AvgIpc) is 3.46. The number of phenols is 1. The standard InChI is InChI=1S/C26H21ClN2O3S/c1-2-3-16-4-10-23(30)22(12-16)18-7-11-24-19(13-18)14-21(31-24)15-33-26-29-28-25(32-26)17-5-8-20(27)9-6-17/h2,4-13,21,30H,1,3,14-15H2/t21-/m0/s1. The molecule has 1 aromatic heterocycles. The molecule has 0 fully saturated rings. The van der Waals surface area contributed by atoms with Crippen LogP contribution in [0.5, 0.6) is 11.5 Å². The number of ether oxygens (including phenoxy) is 1. The molecule has 0 bridgehead atoms. The number of halogens is 1. The van der Waals surface area contributed by atoms with Crippen LogP contribution >= 0.6 is 23.4 Å². The van der Waals surface area contributed by atoms with E-state index in [9.17, 15) is 5.11 Å². The average molecular weight is 477 g/mol. The number of rotatable bonds is 7. The minimum atomic E-state index is 0.00632. The van der Waals surface area contributed by atoms with Gasteiger partial charge in [-0.15, -0.1) is 16.8 Å². The van der Waals surface area contributed by atoms with E-state index >= 15 is 0 Å². The van der Waals surface area contributed by atoms with Gasteiger partial charge in [0, 0.05) is 28.3 Å². The minimum Gasteiger partial charge on any atom is -0.507 e. The third-order valence-corrected chi connectivity index (χ3v) is 6.65. The molecule has 0 saturated carbocycles. The zero-order valence-electron chi connectivity index (χ0n) is 17.7. The summed E-state index contributed by atoms with van der Waals surface area (Å²) in [7, 11) is 0. The van der Waals surface area contributed by atoms with E-state index in [1.54, 1.807) is 18.2 Å². The van der Waals surface area contributed by atoms with Gasteiger partial charge in [0.1, 0.15) is 17.6 Å². The summed E-state index contributed by atoms with van der Waals surface area (Å²) < 4.78 is 11.9. The predicted molar refractivity (Wildman–Crippen MR) is 131 cm³/mol. The Labute approximate surface area is 201 Å². The molecule has 4 aromatic rings. The second-order valence-corrected chi connectivity index (χ2v) is 9.21. The lowest BCUT2D eigenvalue weighted by atomic mass is 9.98.